The van der Waals surface area contributed by atoms with Gasteiger partial charge < -0.3 is 14.3 Å². The van der Waals surface area contributed by atoms with Crippen molar-refractivity contribution >= 4 is 12.2 Å². The molecule has 3 aromatic rings. The molecular formula is C29H29NO5. The van der Waals surface area contributed by atoms with Gasteiger partial charge in [-0.2, -0.15) is 0 Å². The maximum Gasteiger partial charge on any atom is 0.303 e. The predicted molar refractivity (Wildman–Crippen MR) is 132 cm³/mol. The van der Waals surface area contributed by atoms with E-state index in [1.165, 1.54) is 13.1 Å². The van der Waals surface area contributed by atoms with Gasteiger partial charge in [-0.15, -0.1) is 0 Å². The summed E-state index contributed by atoms with van der Waals surface area (Å²) in [4.78, 5) is 18.1. The second-order valence-electron chi connectivity index (χ2n) is 9.14. The molecule has 1 fully saturated rings. The summed E-state index contributed by atoms with van der Waals surface area (Å²) in [5, 5.41) is 12.6. The smallest absolute Gasteiger partial charge is 0.303 e. The number of ether oxygens (including phenoxy) is 2. The van der Waals surface area contributed by atoms with Crippen LogP contribution < -0.4 is 0 Å². The molecule has 4 atom stereocenters. The van der Waals surface area contributed by atoms with Crippen LogP contribution in [-0.2, 0) is 24.5 Å². The maximum atomic E-state index is 12.6. The fraction of sp³-hybridized carbons (Fsp3) is 0.310. The minimum atomic E-state index is -1.05. The van der Waals surface area contributed by atoms with Crippen molar-refractivity contribution in [3.8, 4) is 0 Å². The van der Waals surface area contributed by atoms with Crippen LogP contribution in [0.2, 0.25) is 0 Å². The van der Waals surface area contributed by atoms with Gasteiger partial charge in [0.15, 0.2) is 6.10 Å². The number of benzene rings is 3. The number of carbonyl (C=O) groups is 1. The van der Waals surface area contributed by atoms with Crippen LogP contribution in [0.3, 0.4) is 0 Å². The molecule has 6 heteroatoms. The molecule has 1 aliphatic carbocycles. The second-order valence-corrected chi connectivity index (χ2v) is 9.14. The van der Waals surface area contributed by atoms with E-state index in [2.05, 4.69) is 24.3 Å². The van der Waals surface area contributed by atoms with Crippen LogP contribution in [0.4, 0.5) is 0 Å². The van der Waals surface area contributed by atoms with Crippen molar-refractivity contribution in [3.05, 3.63) is 113 Å². The van der Waals surface area contributed by atoms with Crippen LogP contribution in [0, 0.1) is 5.21 Å². The highest BCUT2D eigenvalue weighted by molar-refractivity contribution is 5.69. The first kappa shape index (κ1) is 23.1. The molecule has 0 amide bonds. The van der Waals surface area contributed by atoms with Gasteiger partial charge in [0.1, 0.15) is 5.92 Å². The minimum absolute atomic E-state index is 0.279. The van der Waals surface area contributed by atoms with E-state index in [-0.39, 0.29) is 6.10 Å². The third-order valence-electron chi connectivity index (χ3n) is 7.06. The van der Waals surface area contributed by atoms with E-state index in [9.17, 15) is 10.0 Å². The Balaban J connectivity index is 1.53. The molecule has 0 N–H and O–H groups in total. The molecule has 2 aliphatic rings. The van der Waals surface area contributed by atoms with Gasteiger partial charge in [-0.25, -0.2) is 0 Å². The first-order valence-electron chi connectivity index (χ1n) is 12.0. The summed E-state index contributed by atoms with van der Waals surface area (Å²) in [6.07, 6.45) is 1.89. The van der Waals surface area contributed by atoms with E-state index < -0.39 is 29.7 Å². The van der Waals surface area contributed by atoms with Crippen LogP contribution in [0.5, 0.6) is 0 Å². The van der Waals surface area contributed by atoms with Crippen LogP contribution in [0.1, 0.15) is 48.8 Å². The molecule has 5 rings (SSSR count). The Morgan fingerprint density at radius 1 is 0.943 bits per heavy atom. The van der Waals surface area contributed by atoms with Crippen LogP contribution in [0.15, 0.2) is 91.0 Å². The average molecular weight is 472 g/mol. The summed E-state index contributed by atoms with van der Waals surface area (Å²) >= 11 is 0. The van der Waals surface area contributed by atoms with Crippen LogP contribution in [0.25, 0.3) is 0 Å². The molecule has 0 saturated heterocycles. The van der Waals surface area contributed by atoms with Crippen molar-refractivity contribution in [3.63, 3.8) is 0 Å². The van der Waals surface area contributed by atoms with Gasteiger partial charge in [-0.3, -0.25) is 10.0 Å². The normalized spacial score (nSPS) is 25.3. The van der Waals surface area contributed by atoms with Gasteiger partial charge in [-0.1, -0.05) is 91.0 Å². The fourth-order valence-electron chi connectivity index (χ4n) is 5.57. The van der Waals surface area contributed by atoms with E-state index >= 15 is 0 Å². The number of esters is 1. The standard InChI is InChI=1S/C29H29NO5/c1-21(31)33-27-25(22-12-5-2-6-13-22)20-30(32)35-28(27)34-26-18-11-19-29(26,23-14-7-3-8-15-23)24-16-9-4-10-17-24/h2-10,12-17,20,25-28H,11,18-19H2,1H3/t25-,26-,27-,28+/m1/s1. The summed E-state index contributed by atoms with van der Waals surface area (Å²) < 4.78 is 12.4. The lowest BCUT2D eigenvalue weighted by molar-refractivity contribution is -0.772. The van der Waals surface area contributed by atoms with E-state index in [4.69, 9.17) is 14.3 Å². The Hall–Kier alpha value is -3.64. The van der Waals surface area contributed by atoms with Crippen molar-refractivity contribution in [2.75, 3.05) is 0 Å². The third kappa shape index (κ3) is 4.54. The highest BCUT2D eigenvalue weighted by Crippen LogP contribution is 2.49. The SMILES string of the molecule is CC(=O)O[C@H]1[C@@H](O[C@@H]2CCCC2(c2ccccc2)c2ccccc2)O[N+]([O-])=C[C@@H]1c1ccccc1. The Morgan fingerprint density at radius 2 is 1.51 bits per heavy atom. The van der Waals surface area contributed by atoms with Gasteiger partial charge in [-0.05, 0) is 36.0 Å². The monoisotopic (exact) mass is 471 g/mol. The molecule has 6 nitrogen and oxygen atoms in total. The second kappa shape index (κ2) is 9.92. The van der Waals surface area contributed by atoms with Crippen LogP contribution in [-0.4, -0.2) is 35.6 Å². The minimum Gasteiger partial charge on any atom is -0.457 e. The molecule has 0 unspecified atom stereocenters. The molecule has 0 aromatic heterocycles. The largest absolute Gasteiger partial charge is 0.457 e. The van der Waals surface area contributed by atoms with Gasteiger partial charge >= 0.3 is 5.97 Å². The third-order valence-corrected chi connectivity index (χ3v) is 7.06. The fourth-order valence-corrected chi connectivity index (χ4v) is 5.57. The van der Waals surface area contributed by atoms with Gasteiger partial charge in [0.25, 0.3) is 0 Å². The molecule has 1 aliphatic heterocycles. The van der Waals surface area contributed by atoms with E-state index in [1.807, 2.05) is 66.7 Å². The van der Waals surface area contributed by atoms with Gasteiger partial charge in [0.05, 0.1) is 6.10 Å². The molecule has 35 heavy (non-hydrogen) atoms. The molecule has 3 aromatic carbocycles. The topological polar surface area (TPSA) is 70.8 Å². The molecule has 0 bridgehead atoms. The highest BCUT2D eigenvalue weighted by Gasteiger charge is 2.50. The average Bonchev–Trinajstić information content (AvgIpc) is 3.31. The molecule has 1 saturated carbocycles. The molecule has 0 spiro atoms. The Morgan fingerprint density at radius 3 is 2.09 bits per heavy atom. The number of carbonyl (C=O) groups excluding carboxylic acids is 1. The molecule has 0 radical (unpaired) electrons. The van der Waals surface area contributed by atoms with Crippen LogP contribution >= 0.6 is 0 Å². The lowest BCUT2D eigenvalue weighted by Crippen LogP contribution is -2.50. The number of hydrogen-bond acceptors (Lipinski definition) is 5. The summed E-state index contributed by atoms with van der Waals surface area (Å²) in [5.74, 6) is -0.953. The quantitative estimate of drug-likeness (QED) is 0.369. The number of rotatable bonds is 6. The zero-order valence-corrected chi connectivity index (χ0v) is 19.7. The summed E-state index contributed by atoms with van der Waals surface area (Å²) in [7, 11) is 0. The van der Waals surface area contributed by atoms with Gasteiger partial charge in [0.2, 0.25) is 12.5 Å². The number of nitrogens with zero attached hydrogens (tertiary/aromatic N) is 1. The van der Waals surface area contributed by atoms with E-state index in [0.717, 1.165) is 36.0 Å². The molecule has 180 valence electrons. The zero-order chi connectivity index (χ0) is 24.3. The van der Waals surface area contributed by atoms with Crippen molar-refractivity contribution < 1.29 is 24.0 Å². The van der Waals surface area contributed by atoms with Crippen molar-refractivity contribution in [2.24, 2.45) is 0 Å². The van der Waals surface area contributed by atoms with Crippen molar-refractivity contribution in [1.29, 1.82) is 0 Å². The lowest BCUT2D eigenvalue weighted by atomic mass is 9.71. The Kier molecular flexibility index (Phi) is 6.55. The summed E-state index contributed by atoms with van der Waals surface area (Å²) in [6, 6.07) is 30.1. The zero-order valence-electron chi connectivity index (χ0n) is 19.7. The van der Waals surface area contributed by atoms with Crippen molar-refractivity contribution in [1.82, 2.24) is 0 Å². The number of hydrogen-bond donors (Lipinski definition) is 0. The lowest BCUT2D eigenvalue weighted by Gasteiger charge is -2.41. The Bertz CT molecular complexity index is 1130. The van der Waals surface area contributed by atoms with Crippen molar-refractivity contribution in [2.45, 2.75) is 56.0 Å². The van der Waals surface area contributed by atoms with E-state index in [1.54, 1.807) is 0 Å². The highest BCUT2D eigenvalue weighted by atomic mass is 16.9. The van der Waals surface area contributed by atoms with E-state index in [0.29, 0.717) is 4.90 Å². The van der Waals surface area contributed by atoms with Gasteiger partial charge in [0, 0.05) is 17.2 Å². The first-order valence-corrected chi connectivity index (χ1v) is 12.0. The Labute approximate surface area is 205 Å². The first-order chi connectivity index (χ1) is 17.1. The maximum absolute atomic E-state index is 12.6. The predicted octanol–water partition coefficient (Wildman–Crippen LogP) is 5.11. The summed E-state index contributed by atoms with van der Waals surface area (Å²) in [5.41, 5.74) is 2.74. The summed E-state index contributed by atoms with van der Waals surface area (Å²) in [6.45, 7) is 1.36. The molecular weight excluding hydrogens is 442 g/mol. The molecule has 1 heterocycles.